The number of benzene rings is 2. The van der Waals surface area contributed by atoms with Gasteiger partial charge in [-0.2, -0.15) is 0 Å². The van der Waals surface area contributed by atoms with Crippen molar-refractivity contribution in [3.8, 4) is 0 Å². The zero-order chi connectivity index (χ0) is 19.1. The van der Waals surface area contributed by atoms with E-state index in [-0.39, 0.29) is 12.1 Å². The summed E-state index contributed by atoms with van der Waals surface area (Å²) in [5.41, 5.74) is 4.73. The highest BCUT2D eigenvalue weighted by molar-refractivity contribution is 9.10. The Bertz CT molecular complexity index is 897. The lowest BCUT2D eigenvalue weighted by molar-refractivity contribution is 0.123. The quantitative estimate of drug-likeness (QED) is 0.752. The van der Waals surface area contributed by atoms with E-state index in [2.05, 4.69) is 61.8 Å². The molecule has 3 atom stereocenters. The number of hydrogen-bond acceptors (Lipinski definition) is 3. The van der Waals surface area contributed by atoms with Crippen LogP contribution in [0.4, 0.5) is 16.2 Å². The van der Waals surface area contributed by atoms with Crippen molar-refractivity contribution in [2.24, 2.45) is 5.92 Å². The van der Waals surface area contributed by atoms with Crippen LogP contribution in [-0.2, 0) is 11.2 Å². The van der Waals surface area contributed by atoms with Crippen LogP contribution in [0.3, 0.4) is 0 Å². The number of morpholine rings is 1. The minimum Gasteiger partial charge on any atom is -0.378 e. The molecule has 5 rings (SSSR count). The normalized spacial score (nSPS) is 25.5. The third-order valence-corrected chi connectivity index (χ3v) is 6.68. The summed E-state index contributed by atoms with van der Waals surface area (Å²) in [4.78, 5) is 15.0. The third kappa shape index (κ3) is 3.40. The van der Waals surface area contributed by atoms with E-state index < -0.39 is 0 Å². The van der Waals surface area contributed by atoms with Crippen molar-refractivity contribution in [3.05, 3.63) is 58.1 Å². The van der Waals surface area contributed by atoms with Crippen molar-refractivity contribution in [1.29, 1.82) is 0 Å². The molecule has 1 heterocycles. The van der Waals surface area contributed by atoms with E-state index in [9.17, 15) is 4.79 Å². The van der Waals surface area contributed by atoms with E-state index >= 15 is 0 Å². The summed E-state index contributed by atoms with van der Waals surface area (Å²) in [6.07, 6.45) is 2.27. The molecule has 2 N–H and O–H groups in total. The molecule has 5 nitrogen and oxygen atoms in total. The predicted octanol–water partition coefficient (Wildman–Crippen LogP) is 4.14. The second kappa shape index (κ2) is 7.41. The van der Waals surface area contributed by atoms with Crippen LogP contribution in [0.2, 0.25) is 0 Å². The molecule has 2 aliphatic carbocycles. The molecule has 3 aliphatic rings. The van der Waals surface area contributed by atoms with Gasteiger partial charge in [-0.05, 0) is 48.1 Å². The highest BCUT2D eigenvalue weighted by Crippen LogP contribution is 2.54. The van der Waals surface area contributed by atoms with Crippen molar-refractivity contribution in [3.63, 3.8) is 0 Å². The van der Waals surface area contributed by atoms with E-state index in [1.165, 1.54) is 11.1 Å². The summed E-state index contributed by atoms with van der Waals surface area (Å²) >= 11 is 3.53. The lowest BCUT2D eigenvalue weighted by atomic mass is 9.92. The van der Waals surface area contributed by atoms with Crippen LogP contribution in [0.5, 0.6) is 0 Å². The number of carbonyl (C=O) groups is 1. The second-order valence-corrected chi connectivity index (χ2v) is 8.73. The predicted molar refractivity (Wildman–Crippen MR) is 114 cm³/mol. The maximum atomic E-state index is 12.8. The van der Waals surface area contributed by atoms with Crippen molar-refractivity contribution in [2.45, 2.75) is 24.8 Å². The number of anilines is 2. The molecule has 3 unspecified atom stereocenters. The number of ether oxygens (including phenoxy) is 1. The van der Waals surface area contributed by atoms with E-state index in [0.717, 1.165) is 41.8 Å². The van der Waals surface area contributed by atoms with Crippen LogP contribution in [0, 0.1) is 5.92 Å². The van der Waals surface area contributed by atoms with Gasteiger partial charge >= 0.3 is 6.03 Å². The number of nitrogens with one attached hydrogen (secondary N) is 2. The molecule has 0 aromatic heterocycles. The first-order valence-electron chi connectivity index (χ1n) is 9.98. The van der Waals surface area contributed by atoms with Gasteiger partial charge in [-0.1, -0.05) is 40.2 Å². The number of aryl methyl sites for hydroxylation is 1. The number of amides is 2. The molecule has 0 bridgehead atoms. The number of halogens is 1. The van der Waals surface area contributed by atoms with Gasteiger partial charge in [0, 0.05) is 29.5 Å². The number of carbonyl (C=O) groups excluding carboxylic acids is 1. The molecular formula is C22H24BrN3O2. The first-order chi connectivity index (χ1) is 13.7. The van der Waals surface area contributed by atoms with Gasteiger partial charge in [0.2, 0.25) is 0 Å². The minimum absolute atomic E-state index is 0.121. The molecule has 146 valence electrons. The van der Waals surface area contributed by atoms with Crippen molar-refractivity contribution in [1.82, 2.24) is 5.32 Å². The Morgan fingerprint density at radius 1 is 1.14 bits per heavy atom. The summed E-state index contributed by atoms with van der Waals surface area (Å²) < 4.78 is 6.41. The van der Waals surface area contributed by atoms with E-state index in [0.29, 0.717) is 25.0 Å². The molecule has 6 heteroatoms. The Hall–Kier alpha value is -2.05. The van der Waals surface area contributed by atoms with E-state index in [1.54, 1.807) is 0 Å². The zero-order valence-corrected chi connectivity index (χ0v) is 17.2. The number of urea groups is 1. The molecule has 0 spiro atoms. The summed E-state index contributed by atoms with van der Waals surface area (Å²) in [6.45, 7) is 3.10. The molecule has 1 aliphatic heterocycles. The van der Waals surface area contributed by atoms with Crippen LogP contribution >= 0.6 is 15.9 Å². The molecule has 28 heavy (non-hydrogen) atoms. The summed E-state index contributed by atoms with van der Waals surface area (Å²) in [5.74, 6) is 1.04. The number of hydrogen-bond donors (Lipinski definition) is 2. The average molecular weight is 442 g/mol. The Balaban J connectivity index is 1.29. The fourth-order valence-electron chi connectivity index (χ4n) is 4.76. The standard InChI is InChI=1S/C22H24BrN3O2/c23-15-6-8-19(26-9-11-28-12-10-26)18(13-15)24-22(27)25-21-17-7-5-14-3-1-2-4-16(14)20(17)21/h1-4,6,8,13,17,20-21H,5,7,9-12H2,(H2,24,25,27). The van der Waals surface area contributed by atoms with Crippen LogP contribution in [0.25, 0.3) is 0 Å². The summed E-state index contributed by atoms with van der Waals surface area (Å²) in [7, 11) is 0. The topological polar surface area (TPSA) is 53.6 Å². The smallest absolute Gasteiger partial charge is 0.319 e. The van der Waals surface area contributed by atoms with Crippen LogP contribution in [0.15, 0.2) is 46.9 Å². The van der Waals surface area contributed by atoms with Gasteiger partial charge in [-0.25, -0.2) is 4.79 Å². The van der Waals surface area contributed by atoms with Gasteiger partial charge in [0.1, 0.15) is 0 Å². The monoisotopic (exact) mass is 441 g/mol. The first-order valence-corrected chi connectivity index (χ1v) is 10.8. The zero-order valence-electron chi connectivity index (χ0n) is 15.7. The number of rotatable bonds is 3. The Kier molecular flexibility index (Phi) is 4.77. The fourth-order valence-corrected chi connectivity index (χ4v) is 5.12. The van der Waals surface area contributed by atoms with Gasteiger partial charge in [-0.15, -0.1) is 0 Å². The van der Waals surface area contributed by atoms with E-state index in [1.807, 2.05) is 12.1 Å². The van der Waals surface area contributed by atoms with Crippen molar-refractivity contribution >= 4 is 33.3 Å². The van der Waals surface area contributed by atoms with Crippen LogP contribution in [-0.4, -0.2) is 38.4 Å². The van der Waals surface area contributed by atoms with Gasteiger partial charge in [-0.3, -0.25) is 0 Å². The van der Waals surface area contributed by atoms with Gasteiger partial charge in [0.25, 0.3) is 0 Å². The van der Waals surface area contributed by atoms with Gasteiger partial charge in [0.05, 0.1) is 24.6 Å². The van der Waals surface area contributed by atoms with E-state index in [4.69, 9.17) is 4.74 Å². The molecule has 1 saturated heterocycles. The first kappa shape index (κ1) is 18.0. The minimum atomic E-state index is -0.121. The lowest BCUT2D eigenvalue weighted by Gasteiger charge is -2.30. The highest BCUT2D eigenvalue weighted by Gasteiger charge is 2.53. The molecule has 0 radical (unpaired) electrons. The van der Waals surface area contributed by atoms with Crippen molar-refractivity contribution < 1.29 is 9.53 Å². The third-order valence-electron chi connectivity index (χ3n) is 6.19. The summed E-state index contributed by atoms with van der Waals surface area (Å²) in [6, 6.07) is 14.8. The fraction of sp³-hybridized carbons (Fsp3) is 0.409. The van der Waals surface area contributed by atoms with Gasteiger partial charge < -0.3 is 20.3 Å². The Labute approximate surface area is 173 Å². The van der Waals surface area contributed by atoms with Crippen molar-refractivity contribution in [2.75, 3.05) is 36.5 Å². The van der Waals surface area contributed by atoms with Crippen LogP contribution < -0.4 is 15.5 Å². The number of nitrogens with zero attached hydrogens (tertiary/aromatic N) is 1. The molecule has 1 saturated carbocycles. The molecule has 2 fully saturated rings. The molecular weight excluding hydrogens is 418 g/mol. The summed E-state index contributed by atoms with van der Waals surface area (Å²) in [5, 5.41) is 6.32. The maximum absolute atomic E-state index is 12.8. The number of fused-ring (bicyclic) bond motifs is 3. The average Bonchev–Trinajstić information content (AvgIpc) is 3.42. The molecule has 2 aromatic rings. The lowest BCUT2D eigenvalue weighted by Crippen LogP contribution is -2.37. The molecule has 2 amide bonds. The largest absolute Gasteiger partial charge is 0.378 e. The Morgan fingerprint density at radius 2 is 1.96 bits per heavy atom. The highest BCUT2D eigenvalue weighted by atomic mass is 79.9. The van der Waals surface area contributed by atoms with Gasteiger partial charge in [0.15, 0.2) is 0 Å². The second-order valence-electron chi connectivity index (χ2n) is 7.81. The van der Waals surface area contributed by atoms with Crippen LogP contribution in [0.1, 0.15) is 23.5 Å². The molecule has 2 aromatic carbocycles. The Morgan fingerprint density at radius 3 is 2.82 bits per heavy atom. The SMILES string of the molecule is O=C(Nc1cc(Br)ccc1N1CCOCC1)NC1C2CCc3ccccc3C21. The maximum Gasteiger partial charge on any atom is 0.319 e.